The summed E-state index contributed by atoms with van der Waals surface area (Å²) in [5, 5.41) is 2.96. The molecule has 0 saturated heterocycles. The van der Waals surface area contributed by atoms with Gasteiger partial charge in [0, 0.05) is 23.5 Å². The summed E-state index contributed by atoms with van der Waals surface area (Å²) < 4.78 is 3.55. The van der Waals surface area contributed by atoms with Crippen LogP contribution in [-0.2, 0) is 6.54 Å². The van der Waals surface area contributed by atoms with Crippen LogP contribution >= 0.6 is 22.9 Å². The zero-order chi connectivity index (χ0) is 15.7. The van der Waals surface area contributed by atoms with E-state index in [0.717, 1.165) is 15.9 Å². The van der Waals surface area contributed by atoms with Crippen LogP contribution in [0.1, 0.15) is 35.9 Å². The number of nitrogens with zero attached hydrogens (tertiary/aromatic N) is 2. The molecule has 4 nitrogen and oxygen atoms in total. The van der Waals surface area contributed by atoms with Crippen molar-refractivity contribution in [3.8, 4) is 0 Å². The van der Waals surface area contributed by atoms with Crippen LogP contribution in [0.15, 0.2) is 36.5 Å². The van der Waals surface area contributed by atoms with Gasteiger partial charge in [-0.15, -0.1) is 11.3 Å². The van der Waals surface area contributed by atoms with Crippen LogP contribution in [-0.4, -0.2) is 15.5 Å². The van der Waals surface area contributed by atoms with Gasteiger partial charge in [0.1, 0.15) is 0 Å². The lowest BCUT2D eigenvalue weighted by molar-refractivity contribution is 0.0950. The number of rotatable bonds is 4. The summed E-state index contributed by atoms with van der Waals surface area (Å²) in [7, 11) is 0. The molecule has 1 aromatic carbocycles. The van der Waals surface area contributed by atoms with Crippen molar-refractivity contribution in [3.05, 3.63) is 52.3 Å². The van der Waals surface area contributed by atoms with Crippen LogP contribution in [0, 0.1) is 0 Å². The molecule has 0 fully saturated rings. The third-order valence-corrected chi connectivity index (χ3v) is 4.60. The summed E-state index contributed by atoms with van der Waals surface area (Å²) >= 11 is 7.27. The number of hydrogen-bond donors (Lipinski definition) is 1. The largest absolute Gasteiger partial charge is 0.347 e. The Bertz CT molecular complexity index is 822. The molecular formula is C16H16ClN3OS. The maximum Gasteiger partial charge on any atom is 0.251 e. The molecule has 2 heterocycles. The van der Waals surface area contributed by atoms with Crippen LogP contribution < -0.4 is 5.32 Å². The Kier molecular flexibility index (Phi) is 4.18. The van der Waals surface area contributed by atoms with Crippen LogP contribution in [0.3, 0.4) is 0 Å². The third-order valence-electron chi connectivity index (χ3n) is 3.48. The standard InChI is InChI=1S/C16H16ClN3OS/c1-10(2)20-7-3-4-12(20)9-18-15(21)11-5-6-13-14(8-11)22-16(17)19-13/h3-8,10H,9H2,1-2H3,(H,18,21). The highest BCUT2D eigenvalue weighted by Gasteiger charge is 2.10. The Morgan fingerprint density at radius 3 is 3.00 bits per heavy atom. The number of hydrogen-bond acceptors (Lipinski definition) is 3. The maximum atomic E-state index is 12.3. The Morgan fingerprint density at radius 2 is 2.23 bits per heavy atom. The molecule has 6 heteroatoms. The van der Waals surface area contributed by atoms with Gasteiger partial charge in [-0.25, -0.2) is 4.98 Å². The summed E-state index contributed by atoms with van der Waals surface area (Å²) in [5.74, 6) is -0.0945. The van der Waals surface area contributed by atoms with E-state index in [4.69, 9.17) is 11.6 Å². The number of nitrogens with one attached hydrogen (secondary N) is 1. The number of benzene rings is 1. The van der Waals surface area contributed by atoms with Gasteiger partial charge in [-0.1, -0.05) is 11.6 Å². The Hall–Kier alpha value is -1.85. The van der Waals surface area contributed by atoms with E-state index in [0.29, 0.717) is 22.6 Å². The summed E-state index contributed by atoms with van der Waals surface area (Å²) in [6.45, 7) is 4.74. The van der Waals surface area contributed by atoms with Gasteiger partial charge in [-0.3, -0.25) is 4.79 Å². The highest BCUT2D eigenvalue weighted by molar-refractivity contribution is 7.22. The molecule has 0 aliphatic carbocycles. The second kappa shape index (κ2) is 6.10. The van der Waals surface area contributed by atoms with Crippen molar-refractivity contribution in [1.82, 2.24) is 14.9 Å². The third kappa shape index (κ3) is 3.00. The Labute approximate surface area is 137 Å². The highest BCUT2D eigenvalue weighted by atomic mass is 35.5. The SMILES string of the molecule is CC(C)n1cccc1CNC(=O)c1ccc2nc(Cl)sc2c1. The highest BCUT2D eigenvalue weighted by Crippen LogP contribution is 2.26. The number of thiazole rings is 1. The molecule has 0 aliphatic heterocycles. The molecule has 1 amide bonds. The second-order valence-electron chi connectivity index (χ2n) is 5.33. The molecule has 0 unspecified atom stereocenters. The first-order valence-corrected chi connectivity index (χ1v) is 8.24. The van der Waals surface area contributed by atoms with E-state index in [9.17, 15) is 4.79 Å². The lowest BCUT2D eigenvalue weighted by Gasteiger charge is -2.13. The quantitative estimate of drug-likeness (QED) is 0.775. The van der Waals surface area contributed by atoms with E-state index in [1.165, 1.54) is 11.3 Å². The summed E-state index contributed by atoms with van der Waals surface area (Å²) in [5.41, 5.74) is 2.53. The second-order valence-corrected chi connectivity index (χ2v) is 6.95. The minimum absolute atomic E-state index is 0.0945. The average Bonchev–Trinajstić information content (AvgIpc) is 3.08. The molecule has 22 heavy (non-hydrogen) atoms. The van der Waals surface area contributed by atoms with Crippen molar-refractivity contribution < 1.29 is 4.79 Å². The topological polar surface area (TPSA) is 46.9 Å². The monoisotopic (exact) mass is 333 g/mol. The van der Waals surface area contributed by atoms with Crippen LogP contribution in [0.5, 0.6) is 0 Å². The van der Waals surface area contributed by atoms with E-state index >= 15 is 0 Å². The number of aromatic nitrogens is 2. The zero-order valence-electron chi connectivity index (χ0n) is 12.3. The molecular weight excluding hydrogens is 318 g/mol. The predicted octanol–water partition coefficient (Wildman–Crippen LogP) is 4.26. The normalized spacial score (nSPS) is 11.3. The van der Waals surface area contributed by atoms with Crippen molar-refractivity contribution in [3.63, 3.8) is 0 Å². The zero-order valence-corrected chi connectivity index (χ0v) is 13.9. The number of fused-ring (bicyclic) bond motifs is 1. The van der Waals surface area contributed by atoms with Gasteiger partial charge in [0.15, 0.2) is 4.47 Å². The van der Waals surface area contributed by atoms with Crippen LogP contribution in [0.4, 0.5) is 0 Å². The first kappa shape index (κ1) is 15.1. The smallest absolute Gasteiger partial charge is 0.251 e. The van der Waals surface area contributed by atoms with Gasteiger partial charge in [-0.05, 0) is 44.2 Å². The van der Waals surface area contributed by atoms with E-state index in [1.807, 2.05) is 30.5 Å². The Morgan fingerprint density at radius 1 is 1.41 bits per heavy atom. The Balaban J connectivity index is 1.74. The van der Waals surface area contributed by atoms with Crippen molar-refractivity contribution in [2.75, 3.05) is 0 Å². The van der Waals surface area contributed by atoms with Crippen molar-refractivity contribution in [1.29, 1.82) is 0 Å². The number of carbonyl (C=O) groups is 1. The number of amides is 1. The molecule has 0 bridgehead atoms. The van der Waals surface area contributed by atoms with Gasteiger partial charge in [0.25, 0.3) is 5.91 Å². The van der Waals surface area contributed by atoms with Gasteiger partial charge in [0.2, 0.25) is 0 Å². The van der Waals surface area contributed by atoms with Crippen LogP contribution in [0.2, 0.25) is 4.47 Å². The summed E-state index contributed by atoms with van der Waals surface area (Å²) in [6, 6.07) is 9.81. The molecule has 0 saturated carbocycles. The fourth-order valence-corrected chi connectivity index (χ4v) is 3.46. The van der Waals surface area contributed by atoms with Crippen LogP contribution in [0.25, 0.3) is 10.2 Å². The van der Waals surface area contributed by atoms with Gasteiger partial charge < -0.3 is 9.88 Å². The fraction of sp³-hybridized carbons (Fsp3) is 0.250. The molecule has 3 rings (SSSR count). The molecule has 0 radical (unpaired) electrons. The van der Waals surface area contributed by atoms with E-state index < -0.39 is 0 Å². The molecule has 1 N–H and O–H groups in total. The summed E-state index contributed by atoms with van der Waals surface area (Å²) in [4.78, 5) is 16.5. The van der Waals surface area contributed by atoms with Crippen molar-refractivity contribution in [2.45, 2.75) is 26.4 Å². The molecule has 2 aromatic heterocycles. The minimum Gasteiger partial charge on any atom is -0.347 e. The lowest BCUT2D eigenvalue weighted by Crippen LogP contribution is -2.24. The van der Waals surface area contributed by atoms with E-state index in [-0.39, 0.29) is 5.91 Å². The molecule has 0 spiro atoms. The number of halogens is 1. The van der Waals surface area contributed by atoms with Gasteiger partial charge >= 0.3 is 0 Å². The van der Waals surface area contributed by atoms with E-state index in [2.05, 4.69) is 28.7 Å². The molecule has 114 valence electrons. The predicted molar refractivity (Wildman–Crippen MR) is 90.6 cm³/mol. The first-order valence-electron chi connectivity index (χ1n) is 7.04. The van der Waals surface area contributed by atoms with Crippen molar-refractivity contribution >= 4 is 39.1 Å². The minimum atomic E-state index is -0.0945. The average molecular weight is 334 g/mol. The summed E-state index contributed by atoms with van der Waals surface area (Å²) in [6.07, 6.45) is 2.03. The fourth-order valence-electron chi connectivity index (χ4n) is 2.39. The molecule has 0 atom stereocenters. The molecule has 0 aliphatic rings. The maximum absolute atomic E-state index is 12.3. The van der Waals surface area contributed by atoms with Gasteiger partial charge in [-0.2, -0.15) is 0 Å². The lowest BCUT2D eigenvalue weighted by atomic mass is 10.2. The van der Waals surface area contributed by atoms with Gasteiger partial charge in [0.05, 0.1) is 16.8 Å². The first-order chi connectivity index (χ1) is 10.5. The number of carbonyl (C=O) groups excluding carboxylic acids is 1. The van der Waals surface area contributed by atoms with Crippen molar-refractivity contribution in [2.24, 2.45) is 0 Å². The molecule has 3 aromatic rings. The van der Waals surface area contributed by atoms with E-state index in [1.54, 1.807) is 6.07 Å².